The fourth-order valence-corrected chi connectivity index (χ4v) is 6.68. The predicted molar refractivity (Wildman–Crippen MR) is 149 cm³/mol. The first kappa shape index (κ1) is 25.4. The zero-order valence-corrected chi connectivity index (χ0v) is 21.7. The molecule has 0 unspecified atom stereocenters. The van der Waals surface area contributed by atoms with Crippen LogP contribution in [0.25, 0.3) is 0 Å². The van der Waals surface area contributed by atoms with Gasteiger partial charge in [0.1, 0.15) is 6.61 Å². The van der Waals surface area contributed by atoms with Crippen LogP contribution in [0.15, 0.2) is 125 Å². The standard InChI is InChI=1S/C30H22N2O4S2/c33-28(36-20-22-16-18-26(19-17-22)32(34)35)27-29(37-21-31-27)38-30(23-10-4-1-5-11-23,24-12-6-2-7-13-24)25-14-8-3-9-15-25/h1-19,21H,20H2. The quantitative estimate of drug-likeness (QED) is 0.0636. The van der Waals surface area contributed by atoms with Gasteiger partial charge in [-0.3, -0.25) is 10.1 Å². The number of rotatable bonds is 9. The van der Waals surface area contributed by atoms with Gasteiger partial charge in [0.05, 0.1) is 19.4 Å². The summed E-state index contributed by atoms with van der Waals surface area (Å²) in [7, 11) is 0. The number of carbonyl (C=O) groups is 1. The van der Waals surface area contributed by atoms with Gasteiger partial charge in [-0.2, -0.15) is 0 Å². The maximum absolute atomic E-state index is 13.2. The highest BCUT2D eigenvalue weighted by atomic mass is 32.2. The third kappa shape index (κ3) is 5.22. The number of nitrogens with zero attached hydrogens (tertiary/aromatic N) is 2. The van der Waals surface area contributed by atoms with Gasteiger partial charge in [0.15, 0.2) is 5.69 Å². The molecule has 8 heteroatoms. The summed E-state index contributed by atoms with van der Waals surface area (Å²) in [5, 5.41) is 10.9. The number of carbonyl (C=O) groups excluding carboxylic acids is 1. The van der Waals surface area contributed by atoms with Crippen molar-refractivity contribution < 1.29 is 14.5 Å². The molecule has 5 rings (SSSR count). The maximum Gasteiger partial charge on any atom is 0.359 e. The van der Waals surface area contributed by atoms with Gasteiger partial charge in [0.25, 0.3) is 5.69 Å². The number of ether oxygens (including phenoxy) is 1. The molecule has 6 nitrogen and oxygen atoms in total. The Morgan fingerprint density at radius 2 is 1.32 bits per heavy atom. The Morgan fingerprint density at radius 1 is 0.816 bits per heavy atom. The first-order valence-corrected chi connectivity index (χ1v) is 13.5. The van der Waals surface area contributed by atoms with Gasteiger partial charge in [-0.1, -0.05) is 103 Å². The minimum absolute atomic E-state index is 0.0142. The first-order valence-electron chi connectivity index (χ1n) is 11.8. The zero-order chi connectivity index (χ0) is 26.4. The normalized spacial score (nSPS) is 11.2. The molecule has 0 aliphatic carbocycles. The molecule has 0 saturated carbocycles. The van der Waals surface area contributed by atoms with Crippen molar-refractivity contribution in [3.63, 3.8) is 0 Å². The molecule has 38 heavy (non-hydrogen) atoms. The van der Waals surface area contributed by atoms with E-state index in [4.69, 9.17) is 4.74 Å². The van der Waals surface area contributed by atoms with E-state index in [0.717, 1.165) is 20.9 Å². The SMILES string of the molecule is O=C(OCc1ccc([N+](=O)[O-])cc1)c1ncsc1SC(c1ccccc1)(c1ccccc1)c1ccccc1. The van der Waals surface area contributed by atoms with Crippen molar-refractivity contribution in [1.29, 1.82) is 0 Å². The van der Waals surface area contributed by atoms with E-state index in [1.54, 1.807) is 29.4 Å². The van der Waals surface area contributed by atoms with E-state index < -0.39 is 15.6 Å². The number of thioether (sulfide) groups is 1. The molecule has 0 bridgehead atoms. The highest BCUT2D eigenvalue weighted by Crippen LogP contribution is 2.53. The smallest absolute Gasteiger partial charge is 0.359 e. The Balaban J connectivity index is 1.50. The lowest BCUT2D eigenvalue weighted by atomic mass is 9.84. The average molecular weight is 539 g/mol. The second kappa shape index (κ2) is 11.4. The van der Waals surface area contributed by atoms with Crippen molar-refractivity contribution in [2.24, 2.45) is 0 Å². The van der Waals surface area contributed by atoms with Gasteiger partial charge < -0.3 is 4.74 Å². The van der Waals surface area contributed by atoms with Crippen LogP contribution in [0.4, 0.5) is 5.69 Å². The predicted octanol–water partition coefficient (Wildman–Crippen LogP) is 7.49. The average Bonchev–Trinajstić information content (AvgIpc) is 3.44. The third-order valence-corrected chi connectivity index (χ3v) is 8.58. The Kier molecular flexibility index (Phi) is 7.62. The van der Waals surface area contributed by atoms with Crippen molar-refractivity contribution in [3.05, 3.63) is 159 Å². The molecular formula is C30H22N2O4S2. The molecule has 0 saturated heterocycles. The summed E-state index contributed by atoms with van der Waals surface area (Å²) in [4.78, 5) is 28.0. The van der Waals surface area contributed by atoms with E-state index in [9.17, 15) is 14.9 Å². The maximum atomic E-state index is 13.2. The summed E-state index contributed by atoms with van der Waals surface area (Å²) in [6, 6.07) is 36.6. The molecule has 1 aromatic heterocycles. The number of aromatic nitrogens is 1. The van der Waals surface area contributed by atoms with Crippen LogP contribution < -0.4 is 0 Å². The Bertz CT molecular complexity index is 1430. The van der Waals surface area contributed by atoms with E-state index in [2.05, 4.69) is 41.4 Å². The molecule has 0 amide bonds. The zero-order valence-electron chi connectivity index (χ0n) is 20.1. The van der Waals surface area contributed by atoms with Crippen LogP contribution in [0.5, 0.6) is 0 Å². The second-order valence-electron chi connectivity index (χ2n) is 8.37. The molecule has 188 valence electrons. The van der Waals surface area contributed by atoms with Crippen LogP contribution in [-0.4, -0.2) is 15.9 Å². The fraction of sp³-hybridized carbons (Fsp3) is 0.0667. The van der Waals surface area contributed by atoms with Crippen LogP contribution in [-0.2, 0) is 16.1 Å². The number of esters is 1. The van der Waals surface area contributed by atoms with Crippen molar-refractivity contribution in [3.8, 4) is 0 Å². The van der Waals surface area contributed by atoms with Gasteiger partial charge in [-0.25, -0.2) is 9.78 Å². The number of hydrogen-bond acceptors (Lipinski definition) is 7. The van der Waals surface area contributed by atoms with Crippen molar-refractivity contribution in [2.45, 2.75) is 15.6 Å². The fourth-order valence-electron chi connectivity index (χ4n) is 4.21. The molecule has 0 radical (unpaired) electrons. The number of thiazole rings is 1. The summed E-state index contributed by atoms with van der Waals surface area (Å²) >= 11 is 2.96. The van der Waals surface area contributed by atoms with Crippen molar-refractivity contribution >= 4 is 34.8 Å². The second-order valence-corrected chi connectivity index (χ2v) is 10.7. The van der Waals surface area contributed by atoms with E-state index in [1.807, 2.05) is 54.6 Å². The third-order valence-electron chi connectivity index (χ3n) is 6.03. The van der Waals surface area contributed by atoms with Crippen LogP contribution in [0.3, 0.4) is 0 Å². The topological polar surface area (TPSA) is 82.3 Å². The monoisotopic (exact) mass is 538 g/mol. The number of hydrogen-bond donors (Lipinski definition) is 0. The van der Waals surface area contributed by atoms with Gasteiger partial charge in [0.2, 0.25) is 0 Å². The van der Waals surface area contributed by atoms with Crippen LogP contribution >= 0.6 is 23.1 Å². The lowest BCUT2D eigenvalue weighted by Gasteiger charge is -2.35. The Labute approximate surface area is 228 Å². The number of non-ortho nitro benzene ring substituents is 1. The molecule has 0 fully saturated rings. The Morgan fingerprint density at radius 3 is 1.79 bits per heavy atom. The number of benzene rings is 4. The lowest BCUT2D eigenvalue weighted by molar-refractivity contribution is -0.384. The molecule has 0 aliphatic heterocycles. The van der Waals surface area contributed by atoms with Crippen molar-refractivity contribution in [2.75, 3.05) is 0 Å². The molecule has 0 N–H and O–H groups in total. The molecule has 1 heterocycles. The molecule has 0 spiro atoms. The summed E-state index contributed by atoms with van der Waals surface area (Å²) < 4.78 is 5.65. The van der Waals surface area contributed by atoms with Crippen LogP contribution in [0.1, 0.15) is 32.7 Å². The van der Waals surface area contributed by atoms with Crippen molar-refractivity contribution in [1.82, 2.24) is 4.98 Å². The summed E-state index contributed by atoms with van der Waals surface area (Å²) in [5.74, 6) is -0.546. The van der Waals surface area contributed by atoms with E-state index in [0.29, 0.717) is 5.56 Å². The van der Waals surface area contributed by atoms with Gasteiger partial charge >= 0.3 is 5.97 Å². The van der Waals surface area contributed by atoms with E-state index in [-0.39, 0.29) is 18.0 Å². The van der Waals surface area contributed by atoms with E-state index in [1.165, 1.54) is 23.5 Å². The molecular weight excluding hydrogens is 516 g/mol. The lowest BCUT2D eigenvalue weighted by Crippen LogP contribution is -2.25. The minimum Gasteiger partial charge on any atom is -0.456 e. The molecule has 5 aromatic rings. The van der Waals surface area contributed by atoms with E-state index >= 15 is 0 Å². The first-order chi connectivity index (χ1) is 18.6. The molecule has 0 aliphatic rings. The summed E-state index contributed by atoms with van der Waals surface area (Å²) in [5.41, 5.74) is 5.74. The van der Waals surface area contributed by atoms with Gasteiger partial charge in [-0.15, -0.1) is 11.3 Å². The summed E-state index contributed by atoms with van der Waals surface area (Å²) in [6.07, 6.45) is 0. The van der Waals surface area contributed by atoms with Gasteiger partial charge in [-0.05, 0) is 34.4 Å². The molecule has 0 atom stereocenters. The number of nitro benzene ring substituents is 1. The van der Waals surface area contributed by atoms with Crippen LogP contribution in [0, 0.1) is 10.1 Å². The largest absolute Gasteiger partial charge is 0.456 e. The highest BCUT2D eigenvalue weighted by molar-refractivity contribution is 8.02. The summed E-state index contributed by atoms with van der Waals surface area (Å²) in [6.45, 7) is -0.0142. The minimum atomic E-state index is -0.649. The molecule has 4 aromatic carbocycles. The number of nitro groups is 1. The van der Waals surface area contributed by atoms with Gasteiger partial charge in [0, 0.05) is 12.1 Å². The highest BCUT2D eigenvalue weighted by Gasteiger charge is 2.39. The Hall–Kier alpha value is -4.27. The van der Waals surface area contributed by atoms with Crippen LogP contribution in [0.2, 0.25) is 0 Å².